The highest BCUT2D eigenvalue weighted by molar-refractivity contribution is 5.78. The number of nitrogens with zero attached hydrogens (tertiary/aromatic N) is 2. The third kappa shape index (κ3) is 3.14. The molecule has 2 unspecified atom stereocenters. The first-order valence-electron chi connectivity index (χ1n) is 6.91. The van der Waals surface area contributed by atoms with Crippen molar-refractivity contribution in [3.63, 3.8) is 0 Å². The zero-order chi connectivity index (χ0) is 13.7. The van der Waals surface area contributed by atoms with E-state index in [-0.39, 0.29) is 18.4 Å². The normalized spacial score (nSPS) is 22.5. The van der Waals surface area contributed by atoms with Crippen LogP contribution >= 0.6 is 0 Å². The zero-order valence-corrected chi connectivity index (χ0v) is 11.4. The molecule has 0 spiro atoms. The third-order valence-corrected chi connectivity index (χ3v) is 4.08. The van der Waals surface area contributed by atoms with Crippen LogP contribution in [0.1, 0.15) is 43.6 Å². The van der Waals surface area contributed by atoms with Crippen LogP contribution in [0.4, 0.5) is 0 Å². The van der Waals surface area contributed by atoms with E-state index in [0.717, 1.165) is 19.3 Å². The lowest BCUT2D eigenvalue weighted by atomic mass is 9.79. The summed E-state index contributed by atoms with van der Waals surface area (Å²) in [5.74, 6) is 0.345. The summed E-state index contributed by atoms with van der Waals surface area (Å²) in [5.41, 5.74) is 1.31. The SMILES string of the molecule is CN(C(=O)CC#N)C1CCCCC1c1ccccc1. The van der Waals surface area contributed by atoms with E-state index in [4.69, 9.17) is 5.26 Å². The van der Waals surface area contributed by atoms with Crippen LogP contribution in [-0.2, 0) is 4.79 Å². The Hall–Kier alpha value is -1.82. The Morgan fingerprint density at radius 2 is 2.00 bits per heavy atom. The Morgan fingerprint density at radius 1 is 1.32 bits per heavy atom. The quantitative estimate of drug-likeness (QED) is 0.834. The average molecular weight is 256 g/mol. The van der Waals surface area contributed by atoms with Gasteiger partial charge in [-0.2, -0.15) is 5.26 Å². The van der Waals surface area contributed by atoms with E-state index in [2.05, 4.69) is 24.3 Å². The van der Waals surface area contributed by atoms with Crippen LogP contribution in [0.5, 0.6) is 0 Å². The van der Waals surface area contributed by atoms with E-state index in [1.165, 1.54) is 12.0 Å². The Kier molecular flexibility index (Phi) is 4.57. The lowest BCUT2D eigenvalue weighted by molar-refractivity contribution is -0.131. The molecule has 0 saturated heterocycles. The number of benzene rings is 1. The maximum atomic E-state index is 11.9. The molecule has 1 aromatic rings. The molecule has 1 amide bonds. The molecule has 0 radical (unpaired) electrons. The molecular weight excluding hydrogens is 236 g/mol. The molecule has 1 aliphatic carbocycles. The fourth-order valence-corrected chi connectivity index (χ4v) is 3.04. The summed E-state index contributed by atoms with van der Waals surface area (Å²) in [6.45, 7) is 0. The van der Waals surface area contributed by atoms with Gasteiger partial charge in [0.25, 0.3) is 0 Å². The fourth-order valence-electron chi connectivity index (χ4n) is 3.04. The minimum absolute atomic E-state index is 0.0193. The summed E-state index contributed by atoms with van der Waals surface area (Å²) in [5, 5.41) is 8.67. The van der Waals surface area contributed by atoms with Crippen LogP contribution in [-0.4, -0.2) is 23.9 Å². The molecule has 1 fully saturated rings. The number of likely N-dealkylation sites (N-methyl/N-ethyl adjacent to an activating group) is 1. The number of hydrogen-bond donors (Lipinski definition) is 0. The largest absolute Gasteiger partial charge is 0.341 e. The van der Waals surface area contributed by atoms with Gasteiger partial charge in [-0.15, -0.1) is 0 Å². The van der Waals surface area contributed by atoms with Gasteiger partial charge < -0.3 is 4.90 Å². The van der Waals surface area contributed by atoms with Crippen molar-refractivity contribution in [2.75, 3.05) is 7.05 Å². The number of hydrogen-bond acceptors (Lipinski definition) is 2. The number of nitriles is 1. The summed E-state index contributed by atoms with van der Waals surface area (Å²) in [7, 11) is 1.84. The number of carbonyl (C=O) groups excluding carboxylic acids is 1. The number of rotatable bonds is 3. The molecule has 1 saturated carbocycles. The van der Waals surface area contributed by atoms with Crippen molar-refractivity contribution >= 4 is 5.91 Å². The summed E-state index contributed by atoms with van der Waals surface area (Å²) >= 11 is 0. The first kappa shape index (κ1) is 13.6. The smallest absolute Gasteiger partial charge is 0.236 e. The van der Waals surface area contributed by atoms with Crippen molar-refractivity contribution in [3.8, 4) is 6.07 Å². The molecule has 1 aromatic carbocycles. The highest BCUT2D eigenvalue weighted by Crippen LogP contribution is 2.35. The maximum absolute atomic E-state index is 11.9. The van der Waals surface area contributed by atoms with E-state index in [9.17, 15) is 4.79 Å². The van der Waals surface area contributed by atoms with Crippen LogP contribution < -0.4 is 0 Å². The molecule has 1 aliphatic rings. The molecule has 0 heterocycles. The molecule has 3 heteroatoms. The summed E-state index contributed by atoms with van der Waals surface area (Å²) in [6.07, 6.45) is 4.52. The lowest BCUT2D eigenvalue weighted by Crippen LogP contribution is -2.42. The van der Waals surface area contributed by atoms with Crippen molar-refractivity contribution in [2.24, 2.45) is 0 Å². The Balaban J connectivity index is 2.17. The fraction of sp³-hybridized carbons (Fsp3) is 0.500. The Labute approximate surface area is 114 Å². The highest BCUT2D eigenvalue weighted by atomic mass is 16.2. The van der Waals surface area contributed by atoms with Gasteiger partial charge in [0.2, 0.25) is 5.91 Å². The van der Waals surface area contributed by atoms with Crippen molar-refractivity contribution in [1.82, 2.24) is 4.90 Å². The first-order valence-corrected chi connectivity index (χ1v) is 6.91. The maximum Gasteiger partial charge on any atom is 0.236 e. The first-order chi connectivity index (χ1) is 9.24. The molecular formula is C16H20N2O. The molecule has 19 heavy (non-hydrogen) atoms. The van der Waals surface area contributed by atoms with Gasteiger partial charge in [-0.25, -0.2) is 0 Å². The second-order valence-electron chi connectivity index (χ2n) is 5.21. The van der Waals surface area contributed by atoms with E-state index in [1.807, 2.05) is 19.2 Å². The van der Waals surface area contributed by atoms with Crippen molar-refractivity contribution < 1.29 is 4.79 Å². The molecule has 0 aromatic heterocycles. The monoisotopic (exact) mass is 256 g/mol. The summed E-state index contributed by atoms with van der Waals surface area (Å²) in [6, 6.07) is 12.6. The van der Waals surface area contributed by atoms with E-state index in [0.29, 0.717) is 5.92 Å². The number of carbonyl (C=O) groups is 1. The van der Waals surface area contributed by atoms with Gasteiger partial charge in [-0.3, -0.25) is 4.79 Å². The summed E-state index contributed by atoms with van der Waals surface area (Å²) in [4.78, 5) is 13.7. The van der Waals surface area contributed by atoms with Crippen molar-refractivity contribution in [3.05, 3.63) is 35.9 Å². The van der Waals surface area contributed by atoms with Gasteiger partial charge >= 0.3 is 0 Å². The van der Waals surface area contributed by atoms with Gasteiger partial charge in [-0.1, -0.05) is 43.2 Å². The predicted octanol–water partition coefficient (Wildman–Crippen LogP) is 3.08. The Morgan fingerprint density at radius 3 is 2.68 bits per heavy atom. The minimum Gasteiger partial charge on any atom is -0.341 e. The minimum atomic E-state index is -0.0599. The molecule has 0 N–H and O–H groups in total. The topological polar surface area (TPSA) is 44.1 Å². The van der Waals surface area contributed by atoms with Crippen LogP contribution in [0.3, 0.4) is 0 Å². The molecule has 0 aliphatic heterocycles. The van der Waals surface area contributed by atoms with E-state index in [1.54, 1.807) is 4.90 Å². The van der Waals surface area contributed by atoms with Gasteiger partial charge in [-0.05, 0) is 18.4 Å². The third-order valence-electron chi connectivity index (χ3n) is 4.08. The molecule has 100 valence electrons. The second kappa shape index (κ2) is 6.38. The standard InChI is InChI=1S/C16H20N2O/c1-18(16(19)11-12-17)15-10-6-5-9-14(15)13-7-3-2-4-8-13/h2-4,7-8,14-15H,5-6,9-11H2,1H3. The molecule has 0 bridgehead atoms. The van der Waals surface area contributed by atoms with Gasteiger partial charge in [0.1, 0.15) is 6.42 Å². The second-order valence-corrected chi connectivity index (χ2v) is 5.21. The average Bonchev–Trinajstić information content (AvgIpc) is 2.47. The highest BCUT2D eigenvalue weighted by Gasteiger charge is 2.31. The van der Waals surface area contributed by atoms with Crippen molar-refractivity contribution in [1.29, 1.82) is 5.26 Å². The number of amides is 1. The molecule has 2 atom stereocenters. The van der Waals surface area contributed by atoms with Gasteiger partial charge in [0.05, 0.1) is 6.07 Å². The van der Waals surface area contributed by atoms with Crippen LogP contribution in [0.15, 0.2) is 30.3 Å². The lowest BCUT2D eigenvalue weighted by Gasteiger charge is -2.38. The van der Waals surface area contributed by atoms with Gasteiger partial charge in [0.15, 0.2) is 0 Å². The predicted molar refractivity (Wildman–Crippen MR) is 74.4 cm³/mol. The van der Waals surface area contributed by atoms with Gasteiger partial charge in [0, 0.05) is 19.0 Å². The molecule has 3 nitrogen and oxygen atoms in total. The van der Waals surface area contributed by atoms with E-state index < -0.39 is 0 Å². The Bertz CT molecular complexity index is 463. The summed E-state index contributed by atoms with van der Waals surface area (Å²) < 4.78 is 0. The van der Waals surface area contributed by atoms with Crippen LogP contribution in [0.2, 0.25) is 0 Å². The van der Waals surface area contributed by atoms with Crippen molar-refractivity contribution in [2.45, 2.75) is 44.1 Å². The van der Waals surface area contributed by atoms with Crippen LogP contribution in [0.25, 0.3) is 0 Å². The van der Waals surface area contributed by atoms with Crippen LogP contribution in [0, 0.1) is 11.3 Å². The van der Waals surface area contributed by atoms with E-state index >= 15 is 0 Å². The molecule has 2 rings (SSSR count). The zero-order valence-electron chi connectivity index (χ0n) is 11.4.